The number of fused-ring (bicyclic) bond motifs is 1. The zero-order valence-electron chi connectivity index (χ0n) is 18.8. The third kappa shape index (κ3) is 4.39. The third-order valence-corrected chi connectivity index (χ3v) is 8.23. The second-order valence-corrected chi connectivity index (χ2v) is 11.6. The molecule has 0 radical (unpaired) electrons. The van der Waals surface area contributed by atoms with Crippen molar-refractivity contribution in [1.29, 1.82) is 0 Å². The average molecular weight is 456 g/mol. The molecule has 0 bridgehead atoms. The number of Topliss-reactive ketones (excluding diaryl/α,β-unsaturated/α-hetero) is 1. The molecular weight excluding hydrogens is 426 g/mol. The molecule has 6 nitrogen and oxygen atoms in total. The number of benzene rings is 1. The van der Waals surface area contributed by atoms with Crippen molar-refractivity contribution in [1.82, 2.24) is 0 Å². The summed E-state index contributed by atoms with van der Waals surface area (Å²) in [6.07, 6.45) is 5.43. The van der Waals surface area contributed by atoms with Crippen LogP contribution in [0.3, 0.4) is 0 Å². The Morgan fingerprint density at radius 3 is 2.66 bits per heavy atom. The van der Waals surface area contributed by atoms with Gasteiger partial charge in [-0.1, -0.05) is 19.1 Å². The summed E-state index contributed by atoms with van der Waals surface area (Å²) < 4.78 is 31.3. The van der Waals surface area contributed by atoms with E-state index in [2.05, 4.69) is 23.9 Å². The predicted octanol–water partition coefficient (Wildman–Crippen LogP) is 4.65. The number of aryl methyl sites for hydroxylation is 1. The summed E-state index contributed by atoms with van der Waals surface area (Å²) in [6, 6.07) is 5.53. The highest BCUT2D eigenvalue weighted by molar-refractivity contribution is 7.92. The van der Waals surface area contributed by atoms with E-state index in [1.807, 2.05) is 0 Å². The van der Waals surface area contributed by atoms with Crippen LogP contribution in [0.15, 0.2) is 27.7 Å². The molecular formula is C25H29NO5S. The molecule has 1 saturated carbocycles. The molecule has 7 heteroatoms. The Balaban J connectivity index is 1.62. The second-order valence-electron chi connectivity index (χ2n) is 9.68. The fourth-order valence-electron chi connectivity index (χ4n) is 4.74. The van der Waals surface area contributed by atoms with E-state index in [0.717, 1.165) is 24.8 Å². The highest BCUT2D eigenvalue weighted by Gasteiger charge is 2.34. The van der Waals surface area contributed by atoms with E-state index in [-0.39, 0.29) is 17.9 Å². The minimum Gasteiger partial charge on any atom is -0.459 e. The number of ketones is 1. The van der Waals surface area contributed by atoms with Crippen LogP contribution in [-0.2, 0) is 39.5 Å². The lowest BCUT2D eigenvalue weighted by molar-refractivity contribution is -0.116. The third-order valence-electron chi connectivity index (χ3n) is 6.67. The van der Waals surface area contributed by atoms with Crippen molar-refractivity contribution in [2.75, 3.05) is 5.75 Å². The molecule has 1 aromatic heterocycles. The molecule has 0 unspecified atom stereocenters. The summed E-state index contributed by atoms with van der Waals surface area (Å²) in [4.78, 5) is 16.2. The summed E-state index contributed by atoms with van der Waals surface area (Å²) in [6.45, 7) is 12.4. The zero-order chi connectivity index (χ0) is 23.3. The molecule has 0 saturated heterocycles. The van der Waals surface area contributed by atoms with Gasteiger partial charge in [-0.25, -0.2) is 13.3 Å². The molecule has 1 aromatic carbocycles. The van der Waals surface area contributed by atoms with Crippen molar-refractivity contribution in [3.05, 3.63) is 57.6 Å². The van der Waals surface area contributed by atoms with Gasteiger partial charge in [0.1, 0.15) is 17.1 Å². The van der Waals surface area contributed by atoms with Crippen LogP contribution in [0.1, 0.15) is 74.0 Å². The highest BCUT2D eigenvalue weighted by atomic mass is 32.2. The summed E-state index contributed by atoms with van der Waals surface area (Å²) in [5, 5.41) is 9.59. The Labute approximate surface area is 189 Å². The van der Waals surface area contributed by atoms with E-state index in [1.54, 1.807) is 0 Å². The van der Waals surface area contributed by atoms with Gasteiger partial charge in [-0.3, -0.25) is 4.79 Å². The largest absolute Gasteiger partial charge is 0.459 e. The number of hydrogen-bond acceptors (Lipinski definition) is 5. The lowest BCUT2D eigenvalue weighted by atomic mass is 9.86. The van der Waals surface area contributed by atoms with Crippen molar-refractivity contribution in [3.63, 3.8) is 0 Å². The first-order valence-electron chi connectivity index (χ1n) is 11.1. The molecule has 2 aliphatic rings. The topological polar surface area (TPSA) is 88.9 Å². The Morgan fingerprint density at radius 1 is 1.31 bits per heavy atom. The van der Waals surface area contributed by atoms with Gasteiger partial charge in [0.05, 0.1) is 6.57 Å². The van der Waals surface area contributed by atoms with E-state index in [4.69, 9.17) is 11.0 Å². The van der Waals surface area contributed by atoms with Gasteiger partial charge in [-0.05, 0) is 86.1 Å². The van der Waals surface area contributed by atoms with Crippen LogP contribution in [0.5, 0.6) is 0 Å². The van der Waals surface area contributed by atoms with Crippen LogP contribution in [-0.4, -0.2) is 25.1 Å². The van der Waals surface area contributed by atoms with Crippen LogP contribution in [0, 0.1) is 12.5 Å². The minimum atomic E-state index is -4.15. The van der Waals surface area contributed by atoms with Gasteiger partial charge in [0, 0.05) is 6.42 Å². The first-order valence-corrected chi connectivity index (χ1v) is 12.8. The van der Waals surface area contributed by atoms with Gasteiger partial charge < -0.3 is 9.52 Å². The van der Waals surface area contributed by atoms with E-state index >= 15 is 0 Å². The average Bonchev–Trinajstić information content (AvgIpc) is 3.25. The maximum atomic E-state index is 13.0. The van der Waals surface area contributed by atoms with Gasteiger partial charge in [0.25, 0.3) is 0 Å². The maximum absolute atomic E-state index is 13.0. The molecule has 32 heavy (non-hydrogen) atoms. The SMILES string of the molecule is [C-]#[N+]c1cc(C(C)(C)O)oc1S(=O)(=O)CC(=O)Cc1c([C@H](C)C2CC2)ccc2c1CCC2. The Bertz CT molecular complexity index is 1210. The molecule has 4 rings (SSSR count). The number of furan rings is 1. The Morgan fingerprint density at radius 2 is 2.03 bits per heavy atom. The normalized spacial score (nSPS) is 17.1. The summed E-state index contributed by atoms with van der Waals surface area (Å²) in [5.74, 6) is -0.164. The van der Waals surface area contributed by atoms with Gasteiger partial charge in [0.2, 0.25) is 20.6 Å². The highest BCUT2D eigenvalue weighted by Crippen LogP contribution is 2.45. The molecule has 0 amide bonds. The van der Waals surface area contributed by atoms with Crippen LogP contribution in [0.2, 0.25) is 0 Å². The molecule has 1 heterocycles. The number of sulfone groups is 1. The number of carbonyl (C=O) groups excluding carboxylic acids is 1. The molecule has 2 aliphatic carbocycles. The quantitative estimate of drug-likeness (QED) is 0.586. The predicted molar refractivity (Wildman–Crippen MR) is 121 cm³/mol. The molecule has 170 valence electrons. The number of rotatable bonds is 8. The minimum absolute atomic E-state index is 0.0176. The lowest BCUT2D eigenvalue weighted by Crippen LogP contribution is -2.20. The summed E-state index contributed by atoms with van der Waals surface area (Å²) in [5.41, 5.74) is 3.00. The number of nitrogens with zero attached hydrogens (tertiary/aromatic N) is 1. The number of carbonyl (C=O) groups is 1. The molecule has 2 aromatic rings. The smallest absolute Gasteiger partial charge is 0.243 e. The first-order chi connectivity index (χ1) is 15.0. The van der Waals surface area contributed by atoms with Crippen LogP contribution in [0.4, 0.5) is 5.69 Å². The van der Waals surface area contributed by atoms with Crippen LogP contribution in [0.25, 0.3) is 4.85 Å². The van der Waals surface area contributed by atoms with Crippen LogP contribution < -0.4 is 0 Å². The maximum Gasteiger partial charge on any atom is 0.243 e. The van der Waals surface area contributed by atoms with E-state index in [1.165, 1.54) is 49.4 Å². The first kappa shape index (κ1) is 22.8. The number of aliphatic hydroxyl groups is 1. The van der Waals surface area contributed by atoms with Crippen molar-refractivity contribution in [3.8, 4) is 0 Å². The van der Waals surface area contributed by atoms with Gasteiger partial charge in [-0.15, -0.1) is 0 Å². The zero-order valence-corrected chi connectivity index (χ0v) is 19.6. The van der Waals surface area contributed by atoms with E-state index in [0.29, 0.717) is 11.8 Å². The van der Waals surface area contributed by atoms with Gasteiger partial charge >= 0.3 is 0 Å². The fraction of sp³-hybridized carbons (Fsp3) is 0.520. The van der Waals surface area contributed by atoms with Crippen molar-refractivity contribution < 1.29 is 22.7 Å². The summed E-state index contributed by atoms with van der Waals surface area (Å²) in [7, 11) is -4.15. The summed E-state index contributed by atoms with van der Waals surface area (Å²) >= 11 is 0. The van der Waals surface area contributed by atoms with E-state index in [9.17, 15) is 18.3 Å². The Kier molecular flexibility index (Phi) is 5.81. The van der Waals surface area contributed by atoms with Crippen molar-refractivity contribution in [2.24, 2.45) is 5.92 Å². The van der Waals surface area contributed by atoms with Crippen molar-refractivity contribution >= 4 is 21.3 Å². The molecule has 1 atom stereocenters. The van der Waals surface area contributed by atoms with Gasteiger partial charge in [-0.2, -0.15) is 0 Å². The van der Waals surface area contributed by atoms with E-state index < -0.39 is 32.1 Å². The fourth-order valence-corrected chi connectivity index (χ4v) is 6.04. The second kappa shape index (κ2) is 8.17. The molecule has 0 aliphatic heterocycles. The Hall–Kier alpha value is -2.43. The lowest BCUT2D eigenvalue weighted by Gasteiger charge is -2.19. The monoisotopic (exact) mass is 455 g/mol. The molecule has 1 fully saturated rings. The van der Waals surface area contributed by atoms with Crippen molar-refractivity contribution in [2.45, 2.75) is 75.9 Å². The number of hydrogen-bond donors (Lipinski definition) is 1. The van der Waals surface area contributed by atoms with Crippen LogP contribution >= 0.6 is 0 Å². The standard InChI is InChI=1S/C25H29NO5S/c1-15(16-8-9-16)19-11-10-17-6-5-7-20(17)21(19)12-18(27)14-32(29,30)24-22(26-4)13-23(31-24)25(2,3)28/h10-11,13,15-16,28H,5-9,12,14H2,1-3H3/t15-/m1/s1. The molecule has 0 spiro atoms. The van der Waals surface area contributed by atoms with Gasteiger partial charge in [0.15, 0.2) is 5.78 Å². The molecule has 1 N–H and O–H groups in total.